The summed E-state index contributed by atoms with van der Waals surface area (Å²) in [5, 5.41) is 4.71. The van der Waals surface area contributed by atoms with Gasteiger partial charge in [-0.15, -0.1) is 5.54 Å². The fraction of sp³-hybridized carbons (Fsp3) is 0.750. The lowest BCUT2D eigenvalue weighted by atomic mass is 9.74. The maximum atomic E-state index is 4.71. The van der Waals surface area contributed by atoms with Gasteiger partial charge in [0.1, 0.15) is 0 Å². The SMILES string of the molecule is C[N-]C(C)(CCC=C(C)C)C1CC=C(C)CC1. The Morgan fingerprint density at radius 2 is 2.24 bits per heavy atom. The molecule has 0 aliphatic heterocycles. The molecule has 1 nitrogen and oxygen atoms in total. The van der Waals surface area contributed by atoms with Gasteiger partial charge in [0.25, 0.3) is 0 Å². The summed E-state index contributed by atoms with van der Waals surface area (Å²) in [5.41, 5.74) is 3.15. The normalized spacial score (nSPS) is 23.8. The summed E-state index contributed by atoms with van der Waals surface area (Å²) in [6.07, 6.45) is 10.9. The van der Waals surface area contributed by atoms with Crippen LogP contribution in [0.3, 0.4) is 0 Å². The van der Waals surface area contributed by atoms with E-state index >= 15 is 0 Å². The third-order valence-corrected chi connectivity index (χ3v) is 4.23. The first-order valence-corrected chi connectivity index (χ1v) is 6.88. The van der Waals surface area contributed by atoms with E-state index in [9.17, 15) is 0 Å². The Morgan fingerprint density at radius 1 is 1.53 bits per heavy atom. The van der Waals surface area contributed by atoms with Crippen LogP contribution in [0.4, 0.5) is 0 Å². The van der Waals surface area contributed by atoms with E-state index in [-0.39, 0.29) is 5.54 Å². The lowest BCUT2D eigenvalue weighted by Gasteiger charge is -2.49. The lowest BCUT2D eigenvalue weighted by Crippen LogP contribution is -2.34. The van der Waals surface area contributed by atoms with E-state index in [4.69, 9.17) is 5.32 Å². The highest BCUT2D eigenvalue weighted by atomic mass is 14.9. The Kier molecular flexibility index (Phi) is 5.45. The van der Waals surface area contributed by atoms with E-state index in [2.05, 4.69) is 39.8 Å². The van der Waals surface area contributed by atoms with Gasteiger partial charge in [-0.3, -0.25) is 0 Å². The molecule has 0 aromatic carbocycles. The van der Waals surface area contributed by atoms with Crippen molar-refractivity contribution >= 4 is 0 Å². The average molecular weight is 234 g/mol. The largest absolute Gasteiger partial charge is 0.659 e. The molecule has 0 fully saturated rings. The van der Waals surface area contributed by atoms with E-state index < -0.39 is 0 Å². The van der Waals surface area contributed by atoms with Crippen molar-refractivity contribution in [2.24, 2.45) is 5.92 Å². The van der Waals surface area contributed by atoms with Gasteiger partial charge in [0.2, 0.25) is 0 Å². The Balaban J connectivity index is 2.58. The molecule has 2 unspecified atom stereocenters. The van der Waals surface area contributed by atoms with Crippen molar-refractivity contribution < 1.29 is 0 Å². The topological polar surface area (TPSA) is 14.1 Å². The zero-order valence-electron chi connectivity index (χ0n) is 12.2. The number of rotatable bonds is 5. The number of hydrogen-bond donors (Lipinski definition) is 0. The van der Waals surface area contributed by atoms with Crippen LogP contribution in [0, 0.1) is 5.92 Å². The lowest BCUT2D eigenvalue weighted by molar-refractivity contribution is 0.291. The minimum absolute atomic E-state index is 0.170. The maximum absolute atomic E-state index is 4.71. The second kappa shape index (κ2) is 6.39. The summed E-state index contributed by atoms with van der Waals surface area (Å²) < 4.78 is 0. The van der Waals surface area contributed by atoms with E-state index in [1.54, 1.807) is 5.57 Å². The molecule has 0 saturated carbocycles. The van der Waals surface area contributed by atoms with Gasteiger partial charge in [-0.25, -0.2) is 0 Å². The third kappa shape index (κ3) is 4.31. The van der Waals surface area contributed by atoms with Crippen molar-refractivity contribution in [1.82, 2.24) is 0 Å². The third-order valence-electron chi connectivity index (χ3n) is 4.23. The van der Waals surface area contributed by atoms with E-state index in [1.165, 1.54) is 31.3 Å². The van der Waals surface area contributed by atoms with Crippen molar-refractivity contribution in [1.29, 1.82) is 0 Å². The predicted octanol–water partition coefficient (Wildman–Crippen LogP) is 5.24. The second-order valence-corrected chi connectivity index (χ2v) is 5.92. The fourth-order valence-electron chi connectivity index (χ4n) is 2.68. The molecule has 0 bridgehead atoms. The van der Waals surface area contributed by atoms with Gasteiger partial charge in [0, 0.05) is 0 Å². The molecule has 0 aromatic heterocycles. The van der Waals surface area contributed by atoms with Crippen molar-refractivity contribution in [3.8, 4) is 0 Å². The standard InChI is InChI=1S/C16H28N/c1-13(2)7-6-12-16(4,17-5)15-10-8-14(3)9-11-15/h7-8,15H,6,9-12H2,1-5H3/q-1. The first-order chi connectivity index (χ1) is 7.98. The smallest absolute Gasteiger partial charge is 0.0321 e. The van der Waals surface area contributed by atoms with Gasteiger partial charge in [-0.05, 0) is 46.5 Å². The van der Waals surface area contributed by atoms with Gasteiger partial charge in [-0.2, -0.15) is 7.05 Å². The minimum atomic E-state index is 0.170. The molecule has 0 N–H and O–H groups in total. The highest BCUT2D eigenvalue weighted by Crippen LogP contribution is 2.39. The Hall–Kier alpha value is -0.560. The molecule has 17 heavy (non-hydrogen) atoms. The zero-order valence-corrected chi connectivity index (χ0v) is 12.2. The zero-order chi connectivity index (χ0) is 12.9. The molecule has 98 valence electrons. The first kappa shape index (κ1) is 14.5. The summed E-state index contributed by atoms with van der Waals surface area (Å²) in [6.45, 7) is 8.94. The van der Waals surface area contributed by atoms with Crippen LogP contribution in [0.15, 0.2) is 23.3 Å². The van der Waals surface area contributed by atoms with Crippen molar-refractivity contribution in [2.75, 3.05) is 7.05 Å². The van der Waals surface area contributed by atoms with Gasteiger partial charge in [0.15, 0.2) is 0 Å². The quantitative estimate of drug-likeness (QED) is 0.577. The van der Waals surface area contributed by atoms with Crippen LogP contribution in [0.5, 0.6) is 0 Å². The van der Waals surface area contributed by atoms with Gasteiger partial charge >= 0.3 is 0 Å². The highest BCUT2D eigenvalue weighted by molar-refractivity contribution is 5.13. The maximum Gasteiger partial charge on any atom is -0.0321 e. The molecule has 1 rings (SSSR count). The Labute approximate surface area is 107 Å². The van der Waals surface area contributed by atoms with Crippen molar-refractivity contribution in [3.63, 3.8) is 0 Å². The number of hydrogen-bond acceptors (Lipinski definition) is 0. The van der Waals surface area contributed by atoms with Gasteiger partial charge in [0.05, 0.1) is 0 Å². The summed E-state index contributed by atoms with van der Waals surface area (Å²) >= 11 is 0. The molecule has 0 saturated heterocycles. The molecular weight excluding hydrogens is 206 g/mol. The Morgan fingerprint density at radius 3 is 2.71 bits per heavy atom. The van der Waals surface area contributed by atoms with Crippen molar-refractivity contribution in [2.45, 2.75) is 65.3 Å². The van der Waals surface area contributed by atoms with Crippen molar-refractivity contribution in [3.05, 3.63) is 28.6 Å². The summed E-state index contributed by atoms with van der Waals surface area (Å²) in [7, 11) is 1.99. The molecule has 1 heteroatoms. The van der Waals surface area contributed by atoms with E-state index in [1.807, 2.05) is 7.05 Å². The van der Waals surface area contributed by atoms with E-state index in [0.717, 1.165) is 12.3 Å². The molecule has 0 amide bonds. The molecule has 1 aliphatic carbocycles. The number of allylic oxidation sites excluding steroid dienone is 4. The summed E-state index contributed by atoms with van der Waals surface area (Å²) in [6, 6.07) is 0. The monoisotopic (exact) mass is 234 g/mol. The molecule has 0 heterocycles. The molecule has 1 aliphatic rings. The van der Waals surface area contributed by atoms with Crippen LogP contribution in [0.2, 0.25) is 0 Å². The Bertz CT molecular complexity index is 297. The predicted molar refractivity (Wildman–Crippen MR) is 77.5 cm³/mol. The molecule has 0 spiro atoms. The summed E-state index contributed by atoms with van der Waals surface area (Å²) in [5.74, 6) is 0.738. The molecule has 2 atom stereocenters. The molecule has 0 aromatic rings. The first-order valence-electron chi connectivity index (χ1n) is 6.88. The van der Waals surface area contributed by atoms with E-state index in [0.29, 0.717) is 0 Å². The minimum Gasteiger partial charge on any atom is -0.659 e. The van der Waals surface area contributed by atoms with Crippen LogP contribution >= 0.6 is 0 Å². The molecule has 0 radical (unpaired) electrons. The second-order valence-electron chi connectivity index (χ2n) is 5.92. The van der Waals surface area contributed by atoms with Crippen LogP contribution < -0.4 is 0 Å². The van der Waals surface area contributed by atoms with Crippen LogP contribution in [0.1, 0.15) is 59.8 Å². The molecular formula is C16H28N-. The van der Waals surface area contributed by atoms with Crippen LogP contribution in [-0.2, 0) is 0 Å². The number of nitrogens with zero attached hydrogens (tertiary/aromatic N) is 1. The summed E-state index contributed by atoms with van der Waals surface area (Å²) in [4.78, 5) is 0. The highest BCUT2D eigenvalue weighted by Gasteiger charge is 2.25. The van der Waals surface area contributed by atoms with Crippen LogP contribution in [-0.4, -0.2) is 12.6 Å². The van der Waals surface area contributed by atoms with Crippen LogP contribution in [0.25, 0.3) is 5.32 Å². The van der Waals surface area contributed by atoms with Gasteiger partial charge in [-0.1, -0.05) is 42.6 Å². The fourth-order valence-corrected chi connectivity index (χ4v) is 2.68. The average Bonchev–Trinajstić information content (AvgIpc) is 2.29. The van der Waals surface area contributed by atoms with Gasteiger partial charge < -0.3 is 5.32 Å².